The third-order valence-electron chi connectivity index (χ3n) is 2.49. The Morgan fingerprint density at radius 1 is 1.73 bits per heavy atom. The Bertz CT molecular complexity index is 373. The number of rotatable bonds is 4. The van der Waals surface area contributed by atoms with Gasteiger partial charge in [0.2, 0.25) is 5.91 Å². The molecule has 0 atom stereocenters. The molecule has 0 saturated heterocycles. The minimum absolute atomic E-state index is 0.0592. The summed E-state index contributed by atoms with van der Waals surface area (Å²) in [5.41, 5.74) is 0.908. The van der Waals surface area contributed by atoms with Crippen LogP contribution in [0.4, 0.5) is 0 Å². The lowest BCUT2D eigenvalue weighted by Gasteiger charge is -2.09. The number of hydrogen-bond donors (Lipinski definition) is 1. The van der Waals surface area contributed by atoms with E-state index in [-0.39, 0.29) is 11.4 Å². The molecule has 15 heavy (non-hydrogen) atoms. The van der Waals surface area contributed by atoms with Gasteiger partial charge in [0, 0.05) is 10.9 Å². The lowest BCUT2D eigenvalue weighted by Crippen LogP contribution is -2.35. The molecule has 0 aromatic carbocycles. The largest absolute Gasteiger partial charge is 0.351 e. The maximum atomic E-state index is 11.6. The standard InChI is InChI=1S/C10H13ClN2OS/c1-10(2-3-10)13-8(14)4-9-12-7(5-11)6-15-9/h6H,2-5H2,1H3,(H,13,14). The summed E-state index contributed by atoms with van der Waals surface area (Å²) in [5.74, 6) is 0.473. The molecule has 1 amide bonds. The molecule has 82 valence electrons. The summed E-state index contributed by atoms with van der Waals surface area (Å²) in [7, 11) is 0. The van der Waals surface area contributed by atoms with Crippen LogP contribution in [0.25, 0.3) is 0 Å². The third-order valence-corrected chi connectivity index (χ3v) is 3.66. The van der Waals surface area contributed by atoms with Gasteiger partial charge in [-0.1, -0.05) is 0 Å². The molecule has 0 spiro atoms. The molecule has 1 fully saturated rings. The molecular formula is C10H13ClN2OS. The molecule has 0 bridgehead atoms. The highest BCUT2D eigenvalue weighted by Gasteiger charge is 2.38. The minimum Gasteiger partial charge on any atom is -0.351 e. The maximum absolute atomic E-state index is 11.6. The van der Waals surface area contributed by atoms with Crippen LogP contribution in [0.15, 0.2) is 5.38 Å². The summed E-state index contributed by atoms with van der Waals surface area (Å²) in [6, 6.07) is 0. The lowest BCUT2D eigenvalue weighted by atomic mass is 10.3. The number of carbonyl (C=O) groups excluding carboxylic acids is 1. The van der Waals surface area contributed by atoms with Gasteiger partial charge in [0.25, 0.3) is 0 Å². The first-order valence-corrected chi connectivity index (χ1v) is 6.33. The van der Waals surface area contributed by atoms with Crippen molar-refractivity contribution in [2.24, 2.45) is 0 Å². The predicted molar refractivity (Wildman–Crippen MR) is 61.2 cm³/mol. The van der Waals surface area contributed by atoms with Gasteiger partial charge in [-0.15, -0.1) is 22.9 Å². The smallest absolute Gasteiger partial charge is 0.227 e. The molecule has 2 rings (SSSR count). The first-order valence-electron chi connectivity index (χ1n) is 4.91. The van der Waals surface area contributed by atoms with Gasteiger partial charge in [-0.05, 0) is 19.8 Å². The van der Waals surface area contributed by atoms with Crippen LogP contribution in [-0.4, -0.2) is 16.4 Å². The fourth-order valence-electron chi connectivity index (χ4n) is 1.32. The monoisotopic (exact) mass is 244 g/mol. The van der Waals surface area contributed by atoms with E-state index in [2.05, 4.69) is 17.2 Å². The number of hydrogen-bond acceptors (Lipinski definition) is 3. The topological polar surface area (TPSA) is 42.0 Å². The average molecular weight is 245 g/mol. The average Bonchev–Trinajstić information content (AvgIpc) is 2.75. The number of thiazole rings is 1. The van der Waals surface area contributed by atoms with E-state index >= 15 is 0 Å². The zero-order valence-electron chi connectivity index (χ0n) is 8.55. The summed E-state index contributed by atoms with van der Waals surface area (Å²) >= 11 is 7.13. The number of halogens is 1. The summed E-state index contributed by atoms with van der Waals surface area (Å²) in [6.07, 6.45) is 2.55. The number of aromatic nitrogens is 1. The number of amides is 1. The highest BCUT2D eigenvalue weighted by molar-refractivity contribution is 7.09. The van der Waals surface area contributed by atoms with E-state index in [4.69, 9.17) is 11.6 Å². The molecule has 1 heterocycles. The Balaban J connectivity index is 1.88. The molecule has 1 aromatic rings. The van der Waals surface area contributed by atoms with Crippen LogP contribution >= 0.6 is 22.9 Å². The van der Waals surface area contributed by atoms with Crippen molar-refractivity contribution in [3.05, 3.63) is 16.1 Å². The Morgan fingerprint density at radius 3 is 3.00 bits per heavy atom. The Morgan fingerprint density at radius 2 is 2.47 bits per heavy atom. The molecule has 3 nitrogen and oxygen atoms in total. The predicted octanol–water partition coefficient (Wildman–Crippen LogP) is 2.09. The molecule has 1 aliphatic rings. The molecule has 5 heteroatoms. The van der Waals surface area contributed by atoms with Crippen LogP contribution in [0.3, 0.4) is 0 Å². The third kappa shape index (κ3) is 2.92. The number of nitrogens with one attached hydrogen (secondary N) is 1. The van der Waals surface area contributed by atoms with Crippen molar-refractivity contribution in [3.8, 4) is 0 Å². The first kappa shape index (κ1) is 10.9. The summed E-state index contributed by atoms with van der Waals surface area (Å²) in [5, 5.41) is 5.74. The van der Waals surface area contributed by atoms with Gasteiger partial charge in [-0.3, -0.25) is 4.79 Å². The number of alkyl halides is 1. The van der Waals surface area contributed by atoms with Gasteiger partial charge in [-0.2, -0.15) is 0 Å². The molecule has 0 aliphatic heterocycles. The van der Waals surface area contributed by atoms with Crippen molar-refractivity contribution in [2.75, 3.05) is 0 Å². The van der Waals surface area contributed by atoms with E-state index in [1.54, 1.807) is 0 Å². The van der Waals surface area contributed by atoms with Crippen LogP contribution in [0.2, 0.25) is 0 Å². The van der Waals surface area contributed by atoms with E-state index < -0.39 is 0 Å². The van der Waals surface area contributed by atoms with E-state index in [1.165, 1.54) is 11.3 Å². The van der Waals surface area contributed by atoms with Crippen molar-refractivity contribution in [1.29, 1.82) is 0 Å². The summed E-state index contributed by atoms with van der Waals surface area (Å²) in [4.78, 5) is 15.8. The van der Waals surface area contributed by atoms with Gasteiger partial charge >= 0.3 is 0 Å². The van der Waals surface area contributed by atoms with Crippen LogP contribution in [-0.2, 0) is 17.1 Å². The van der Waals surface area contributed by atoms with Gasteiger partial charge in [0.15, 0.2) is 0 Å². The quantitative estimate of drug-likeness (QED) is 0.825. The number of nitrogens with zero attached hydrogens (tertiary/aromatic N) is 1. The van der Waals surface area contributed by atoms with Gasteiger partial charge in [-0.25, -0.2) is 4.98 Å². The molecule has 0 radical (unpaired) electrons. The molecule has 0 unspecified atom stereocenters. The zero-order valence-corrected chi connectivity index (χ0v) is 10.1. The van der Waals surface area contributed by atoms with Crippen LogP contribution in [0.5, 0.6) is 0 Å². The number of carbonyl (C=O) groups is 1. The van der Waals surface area contributed by atoms with Crippen LogP contribution in [0.1, 0.15) is 30.5 Å². The van der Waals surface area contributed by atoms with Crippen molar-refractivity contribution >= 4 is 28.8 Å². The maximum Gasteiger partial charge on any atom is 0.227 e. The minimum atomic E-state index is 0.0592. The van der Waals surface area contributed by atoms with E-state index in [9.17, 15) is 4.79 Å². The van der Waals surface area contributed by atoms with Crippen molar-refractivity contribution in [2.45, 2.75) is 37.6 Å². The molecular weight excluding hydrogens is 232 g/mol. The normalized spacial score (nSPS) is 17.5. The molecule has 1 aliphatic carbocycles. The Kier molecular flexibility index (Phi) is 2.98. The van der Waals surface area contributed by atoms with Crippen LogP contribution in [0, 0.1) is 0 Å². The van der Waals surface area contributed by atoms with Crippen LogP contribution < -0.4 is 5.32 Å². The van der Waals surface area contributed by atoms with Crippen molar-refractivity contribution < 1.29 is 4.79 Å². The highest BCUT2D eigenvalue weighted by atomic mass is 35.5. The van der Waals surface area contributed by atoms with E-state index in [1.807, 2.05) is 5.38 Å². The molecule has 1 saturated carbocycles. The SMILES string of the molecule is CC1(NC(=O)Cc2nc(CCl)cs2)CC1. The Labute approximate surface area is 97.9 Å². The highest BCUT2D eigenvalue weighted by Crippen LogP contribution is 2.34. The second-order valence-corrected chi connectivity index (χ2v) is 5.36. The van der Waals surface area contributed by atoms with E-state index in [0.29, 0.717) is 12.3 Å². The van der Waals surface area contributed by atoms with Gasteiger partial charge in [0.05, 0.1) is 18.0 Å². The fraction of sp³-hybridized carbons (Fsp3) is 0.600. The second-order valence-electron chi connectivity index (χ2n) is 4.15. The summed E-state index contributed by atoms with van der Waals surface area (Å²) in [6.45, 7) is 2.07. The zero-order chi connectivity index (χ0) is 10.9. The first-order chi connectivity index (χ1) is 7.11. The lowest BCUT2D eigenvalue weighted by molar-refractivity contribution is -0.121. The fourth-order valence-corrected chi connectivity index (χ4v) is 2.34. The van der Waals surface area contributed by atoms with Crippen molar-refractivity contribution in [1.82, 2.24) is 10.3 Å². The van der Waals surface area contributed by atoms with Crippen molar-refractivity contribution in [3.63, 3.8) is 0 Å². The van der Waals surface area contributed by atoms with E-state index in [0.717, 1.165) is 23.5 Å². The molecule has 1 aromatic heterocycles. The second kappa shape index (κ2) is 4.10. The van der Waals surface area contributed by atoms with Gasteiger partial charge < -0.3 is 5.32 Å². The molecule has 1 N–H and O–H groups in total. The Hall–Kier alpha value is -0.610. The summed E-state index contributed by atoms with van der Waals surface area (Å²) < 4.78 is 0. The van der Waals surface area contributed by atoms with Gasteiger partial charge in [0.1, 0.15) is 5.01 Å².